The summed E-state index contributed by atoms with van der Waals surface area (Å²) in [5.74, 6) is 3.09. The minimum atomic E-state index is 0.668. The van der Waals surface area contributed by atoms with Gasteiger partial charge in [0.15, 0.2) is 0 Å². The number of rotatable bonds is 4. The van der Waals surface area contributed by atoms with Crippen molar-refractivity contribution in [2.45, 2.75) is 20.4 Å². The topological polar surface area (TPSA) is 33.7 Å². The zero-order chi connectivity index (χ0) is 15.2. The molecule has 2 rings (SSSR count). The number of hydrogen-bond donors (Lipinski definition) is 1. The SMILES string of the molecule is COc1ccc(CN2CC(C)CNCC(C)C2)c(OC)c1. The van der Waals surface area contributed by atoms with Gasteiger partial charge in [-0.1, -0.05) is 19.9 Å². The Morgan fingerprint density at radius 1 is 1.10 bits per heavy atom. The van der Waals surface area contributed by atoms with E-state index in [1.165, 1.54) is 5.56 Å². The second-order valence-corrected chi connectivity index (χ2v) is 6.24. The minimum absolute atomic E-state index is 0.668. The molecule has 4 heteroatoms. The van der Waals surface area contributed by atoms with Crippen molar-refractivity contribution in [2.75, 3.05) is 40.4 Å². The molecule has 1 aliphatic rings. The summed E-state index contributed by atoms with van der Waals surface area (Å²) in [4.78, 5) is 2.54. The fourth-order valence-electron chi connectivity index (χ4n) is 3.01. The number of benzene rings is 1. The fourth-order valence-corrected chi connectivity index (χ4v) is 3.01. The number of nitrogens with zero attached hydrogens (tertiary/aromatic N) is 1. The lowest BCUT2D eigenvalue weighted by Crippen LogP contribution is -2.42. The van der Waals surface area contributed by atoms with Crippen molar-refractivity contribution in [3.8, 4) is 11.5 Å². The Labute approximate surface area is 128 Å². The van der Waals surface area contributed by atoms with Gasteiger partial charge in [-0.25, -0.2) is 0 Å². The lowest BCUT2D eigenvalue weighted by atomic mass is 10.0. The van der Waals surface area contributed by atoms with Gasteiger partial charge in [-0.3, -0.25) is 4.90 Å². The van der Waals surface area contributed by atoms with E-state index in [1.54, 1.807) is 14.2 Å². The molecule has 1 aliphatic heterocycles. The second-order valence-electron chi connectivity index (χ2n) is 6.24. The first-order chi connectivity index (χ1) is 10.1. The van der Waals surface area contributed by atoms with Gasteiger partial charge in [0, 0.05) is 31.3 Å². The predicted molar refractivity (Wildman–Crippen MR) is 86.0 cm³/mol. The van der Waals surface area contributed by atoms with Gasteiger partial charge < -0.3 is 14.8 Å². The zero-order valence-corrected chi connectivity index (χ0v) is 13.7. The van der Waals surface area contributed by atoms with Crippen LogP contribution in [0.25, 0.3) is 0 Å². The van der Waals surface area contributed by atoms with E-state index in [1.807, 2.05) is 12.1 Å². The van der Waals surface area contributed by atoms with Crippen LogP contribution >= 0.6 is 0 Å². The Bertz CT molecular complexity index is 438. The first-order valence-electron chi connectivity index (χ1n) is 7.76. The summed E-state index contributed by atoms with van der Waals surface area (Å²) in [6.07, 6.45) is 0. The smallest absolute Gasteiger partial charge is 0.127 e. The van der Waals surface area contributed by atoms with Crippen LogP contribution in [0.15, 0.2) is 18.2 Å². The van der Waals surface area contributed by atoms with E-state index in [2.05, 4.69) is 30.1 Å². The average molecular weight is 292 g/mol. The zero-order valence-electron chi connectivity index (χ0n) is 13.7. The van der Waals surface area contributed by atoms with Crippen LogP contribution in [0, 0.1) is 11.8 Å². The summed E-state index contributed by atoms with van der Waals surface area (Å²) in [5, 5.41) is 3.54. The first kappa shape index (κ1) is 16.1. The lowest BCUT2D eigenvalue weighted by Gasteiger charge is -2.32. The molecular formula is C17H28N2O2. The number of methoxy groups -OCH3 is 2. The van der Waals surface area contributed by atoms with Gasteiger partial charge in [-0.2, -0.15) is 0 Å². The van der Waals surface area contributed by atoms with E-state index in [-0.39, 0.29) is 0 Å². The molecule has 2 unspecified atom stereocenters. The highest BCUT2D eigenvalue weighted by Crippen LogP contribution is 2.26. The molecule has 2 atom stereocenters. The maximum Gasteiger partial charge on any atom is 0.127 e. The van der Waals surface area contributed by atoms with Gasteiger partial charge in [0.05, 0.1) is 14.2 Å². The molecule has 4 nitrogen and oxygen atoms in total. The fraction of sp³-hybridized carbons (Fsp3) is 0.647. The Kier molecular flexibility index (Phi) is 5.88. The molecule has 0 saturated carbocycles. The van der Waals surface area contributed by atoms with Gasteiger partial charge >= 0.3 is 0 Å². The summed E-state index contributed by atoms with van der Waals surface area (Å²) < 4.78 is 10.8. The Morgan fingerprint density at radius 3 is 2.33 bits per heavy atom. The van der Waals surface area contributed by atoms with Crippen molar-refractivity contribution in [1.29, 1.82) is 0 Å². The van der Waals surface area contributed by atoms with Crippen molar-refractivity contribution in [2.24, 2.45) is 11.8 Å². The first-order valence-corrected chi connectivity index (χ1v) is 7.76. The summed E-state index contributed by atoms with van der Waals surface area (Å²) >= 11 is 0. The van der Waals surface area contributed by atoms with E-state index in [4.69, 9.17) is 9.47 Å². The Balaban J connectivity index is 2.10. The highest BCUT2D eigenvalue weighted by molar-refractivity contribution is 5.40. The molecule has 1 saturated heterocycles. The van der Waals surface area contributed by atoms with Gasteiger partial charge in [-0.15, -0.1) is 0 Å². The van der Waals surface area contributed by atoms with E-state index < -0.39 is 0 Å². The Morgan fingerprint density at radius 2 is 1.76 bits per heavy atom. The lowest BCUT2D eigenvalue weighted by molar-refractivity contribution is 0.177. The van der Waals surface area contributed by atoms with Crippen LogP contribution in [0.5, 0.6) is 11.5 Å². The second kappa shape index (κ2) is 7.66. The van der Waals surface area contributed by atoms with Gasteiger partial charge in [0.1, 0.15) is 11.5 Å². The normalized spacial score (nSPS) is 24.2. The molecule has 0 aliphatic carbocycles. The van der Waals surface area contributed by atoms with Gasteiger partial charge in [0.25, 0.3) is 0 Å². The molecule has 0 amide bonds. The molecule has 0 aromatic heterocycles. The quantitative estimate of drug-likeness (QED) is 0.924. The van der Waals surface area contributed by atoms with Crippen LogP contribution in [-0.2, 0) is 6.54 Å². The predicted octanol–water partition coefficient (Wildman–Crippen LogP) is 2.38. The van der Waals surface area contributed by atoms with Crippen molar-refractivity contribution >= 4 is 0 Å². The van der Waals surface area contributed by atoms with Crippen molar-refractivity contribution in [1.82, 2.24) is 10.2 Å². The van der Waals surface area contributed by atoms with Crippen LogP contribution in [0.2, 0.25) is 0 Å². The van der Waals surface area contributed by atoms with Gasteiger partial charge in [0.2, 0.25) is 0 Å². The van der Waals surface area contributed by atoms with Crippen molar-refractivity contribution in [3.05, 3.63) is 23.8 Å². The number of ether oxygens (including phenoxy) is 2. The van der Waals surface area contributed by atoms with E-state index in [9.17, 15) is 0 Å². The molecule has 1 heterocycles. The molecular weight excluding hydrogens is 264 g/mol. The van der Waals surface area contributed by atoms with E-state index in [0.717, 1.165) is 44.2 Å². The third-order valence-electron chi connectivity index (χ3n) is 4.01. The third kappa shape index (κ3) is 4.61. The molecule has 1 aromatic carbocycles. The summed E-state index contributed by atoms with van der Waals surface area (Å²) in [5.41, 5.74) is 1.23. The molecule has 1 aromatic rings. The van der Waals surface area contributed by atoms with E-state index >= 15 is 0 Å². The van der Waals surface area contributed by atoms with Crippen LogP contribution in [0.3, 0.4) is 0 Å². The average Bonchev–Trinajstić information content (AvgIpc) is 2.45. The summed E-state index contributed by atoms with van der Waals surface area (Å²) in [7, 11) is 3.41. The summed E-state index contributed by atoms with van der Waals surface area (Å²) in [6.45, 7) is 9.98. The minimum Gasteiger partial charge on any atom is -0.497 e. The maximum atomic E-state index is 5.52. The summed E-state index contributed by atoms with van der Waals surface area (Å²) in [6, 6.07) is 6.09. The molecule has 118 valence electrons. The largest absolute Gasteiger partial charge is 0.497 e. The molecule has 21 heavy (non-hydrogen) atoms. The molecule has 0 radical (unpaired) electrons. The molecule has 0 spiro atoms. The number of nitrogens with one attached hydrogen (secondary N) is 1. The Hall–Kier alpha value is -1.26. The molecule has 1 fully saturated rings. The van der Waals surface area contributed by atoms with Crippen LogP contribution in [0.1, 0.15) is 19.4 Å². The van der Waals surface area contributed by atoms with Gasteiger partial charge in [-0.05, 0) is 31.0 Å². The van der Waals surface area contributed by atoms with Crippen LogP contribution < -0.4 is 14.8 Å². The maximum absolute atomic E-state index is 5.52. The molecule has 0 bridgehead atoms. The monoisotopic (exact) mass is 292 g/mol. The standard InChI is InChI=1S/C17H28N2O2/c1-13-8-18-9-14(2)11-19(10-13)12-15-5-6-16(20-3)7-17(15)21-4/h5-7,13-14,18H,8-12H2,1-4H3. The van der Waals surface area contributed by atoms with Crippen LogP contribution in [0.4, 0.5) is 0 Å². The van der Waals surface area contributed by atoms with E-state index in [0.29, 0.717) is 11.8 Å². The number of hydrogen-bond acceptors (Lipinski definition) is 4. The highest BCUT2D eigenvalue weighted by Gasteiger charge is 2.18. The van der Waals surface area contributed by atoms with Crippen molar-refractivity contribution < 1.29 is 9.47 Å². The third-order valence-corrected chi connectivity index (χ3v) is 4.01. The van der Waals surface area contributed by atoms with Crippen molar-refractivity contribution in [3.63, 3.8) is 0 Å². The van der Waals surface area contributed by atoms with Crippen LogP contribution in [-0.4, -0.2) is 45.3 Å². The molecule has 1 N–H and O–H groups in total. The highest BCUT2D eigenvalue weighted by atomic mass is 16.5.